The maximum absolute atomic E-state index is 12.7. The zero-order valence-corrected chi connectivity index (χ0v) is 18.0. The minimum atomic E-state index is 0.148. The Hall–Kier alpha value is -2.87. The Morgan fingerprint density at radius 1 is 1.20 bits per heavy atom. The van der Waals surface area contributed by atoms with Crippen molar-refractivity contribution in [3.63, 3.8) is 0 Å². The van der Waals surface area contributed by atoms with E-state index < -0.39 is 0 Å². The smallest absolute Gasteiger partial charge is 0.233 e. The van der Waals surface area contributed by atoms with E-state index in [4.69, 9.17) is 4.74 Å². The molecule has 1 saturated heterocycles. The van der Waals surface area contributed by atoms with E-state index in [1.807, 2.05) is 51.9 Å². The average Bonchev–Trinajstić information content (AvgIpc) is 3.22. The Morgan fingerprint density at radius 3 is 2.73 bits per heavy atom. The maximum atomic E-state index is 12.7. The molecule has 7 nitrogen and oxygen atoms in total. The fraction of sp³-hybridized carbons (Fsp3) is 0.364. The standard InChI is InChI=1S/C22H25N5O2S/c1-16-6-5-13-26(14-16)20(28)15-30-22-25-24-21(19-7-3-4-12-23-19)27(22)17-8-10-18(29-2)11-9-17/h3-4,7-12,16H,5-6,13-15H2,1-2H3/t16-/m1/s1. The van der Waals surface area contributed by atoms with Crippen LogP contribution in [0, 0.1) is 5.92 Å². The molecule has 2 aromatic heterocycles. The van der Waals surface area contributed by atoms with Crippen molar-refractivity contribution in [2.45, 2.75) is 24.9 Å². The number of thioether (sulfide) groups is 1. The summed E-state index contributed by atoms with van der Waals surface area (Å²) in [5, 5.41) is 9.42. The van der Waals surface area contributed by atoms with Gasteiger partial charge in [-0.3, -0.25) is 14.3 Å². The van der Waals surface area contributed by atoms with Gasteiger partial charge in [-0.25, -0.2) is 0 Å². The van der Waals surface area contributed by atoms with Crippen LogP contribution in [0.25, 0.3) is 17.2 Å². The quantitative estimate of drug-likeness (QED) is 0.563. The number of pyridine rings is 1. The van der Waals surface area contributed by atoms with Gasteiger partial charge in [0.25, 0.3) is 0 Å². The third-order valence-electron chi connectivity index (χ3n) is 5.19. The highest BCUT2D eigenvalue weighted by molar-refractivity contribution is 7.99. The summed E-state index contributed by atoms with van der Waals surface area (Å²) in [5.74, 6) is 2.46. The van der Waals surface area contributed by atoms with E-state index in [1.54, 1.807) is 13.3 Å². The second kappa shape index (κ2) is 9.30. The first kappa shape index (κ1) is 20.4. The summed E-state index contributed by atoms with van der Waals surface area (Å²) in [5.41, 5.74) is 1.62. The van der Waals surface area contributed by atoms with Gasteiger partial charge in [-0.05, 0) is 55.2 Å². The number of piperidine rings is 1. The van der Waals surface area contributed by atoms with Gasteiger partial charge in [0.05, 0.1) is 18.6 Å². The second-order valence-electron chi connectivity index (χ2n) is 7.43. The lowest BCUT2D eigenvalue weighted by molar-refractivity contribution is -0.130. The fourth-order valence-electron chi connectivity index (χ4n) is 3.62. The van der Waals surface area contributed by atoms with Crippen LogP contribution in [-0.4, -0.2) is 56.5 Å². The van der Waals surface area contributed by atoms with Crippen LogP contribution < -0.4 is 4.74 Å². The van der Waals surface area contributed by atoms with Crippen LogP contribution in [0.1, 0.15) is 19.8 Å². The average molecular weight is 424 g/mol. The number of ether oxygens (including phenoxy) is 1. The first-order chi connectivity index (χ1) is 14.7. The number of hydrogen-bond acceptors (Lipinski definition) is 6. The van der Waals surface area contributed by atoms with Crippen LogP contribution in [0.5, 0.6) is 5.75 Å². The number of carbonyl (C=O) groups excluding carboxylic acids is 1. The van der Waals surface area contributed by atoms with Crippen molar-refractivity contribution < 1.29 is 9.53 Å². The van der Waals surface area contributed by atoms with Gasteiger partial charge in [0.2, 0.25) is 5.91 Å². The number of carbonyl (C=O) groups is 1. The molecule has 3 heterocycles. The number of benzene rings is 1. The number of methoxy groups -OCH3 is 1. The first-order valence-corrected chi connectivity index (χ1v) is 11.1. The molecule has 0 aliphatic carbocycles. The Labute approximate surface area is 180 Å². The van der Waals surface area contributed by atoms with Gasteiger partial charge in [0, 0.05) is 19.3 Å². The Bertz CT molecular complexity index is 991. The summed E-state index contributed by atoms with van der Waals surface area (Å²) in [7, 11) is 1.64. The second-order valence-corrected chi connectivity index (χ2v) is 8.37. The van der Waals surface area contributed by atoms with E-state index in [0.29, 0.717) is 22.7 Å². The molecule has 1 atom stereocenters. The monoisotopic (exact) mass is 423 g/mol. The summed E-state index contributed by atoms with van der Waals surface area (Å²) in [6.07, 6.45) is 4.00. The Morgan fingerprint density at radius 2 is 2.03 bits per heavy atom. The van der Waals surface area contributed by atoms with Gasteiger partial charge < -0.3 is 9.64 Å². The van der Waals surface area contributed by atoms with E-state index in [0.717, 1.165) is 36.6 Å². The lowest BCUT2D eigenvalue weighted by Gasteiger charge is -2.30. The zero-order chi connectivity index (χ0) is 20.9. The molecule has 1 aromatic carbocycles. The van der Waals surface area contributed by atoms with Crippen LogP contribution in [0.15, 0.2) is 53.8 Å². The number of rotatable bonds is 6. The van der Waals surface area contributed by atoms with E-state index in [1.165, 1.54) is 18.2 Å². The van der Waals surface area contributed by atoms with Crippen molar-refractivity contribution in [1.29, 1.82) is 0 Å². The van der Waals surface area contributed by atoms with Crippen LogP contribution >= 0.6 is 11.8 Å². The Balaban J connectivity index is 1.61. The molecule has 0 N–H and O–H groups in total. The molecule has 1 aliphatic heterocycles. The van der Waals surface area contributed by atoms with Crippen LogP contribution in [0.2, 0.25) is 0 Å². The lowest BCUT2D eigenvalue weighted by atomic mass is 10.0. The number of aromatic nitrogens is 4. The summed E-state index contributed by atoms with van der Waals surface area (Å²) >= 11 is 1.41. The van der Waals surface area contributed by atoms with Gasteiger partial charge in [-0.15, -0.1) is 10.2 Å². The Kier molecular flexibility index (Phi) is 6.32. The van der Waals surface area contributed by atoms with Crippen molar-refractivity contribution in [3.05, 3.63) is 48.7 Å². The number of likely N-dealkylation sites (tertiary alicyclic amines) is 1. The zero-order valence-electron chi connectivity index (χ0n) is 17.2. The van der Waals surface area contributed by atoms with Crippen molar-refractivity contribution >= 4 is 17.7 Å². The van der Waals surface area contributed by atoms with Crippen LogP contribution in [-0.2, 0) is 4.79 Å². The molecule has 1 amide bonds. The highest BCUT2D eigenvalue weighted by Crippen LogP contribution is 2.28. The van der Waals surface area contributed by atoms with Gasteiger partial charge in [-0.2, -0.15) is 0 Å². The third kappa shape index (κ3) is 4.48. The van der Waals surface area contributed by atoms with E-state index in [9.17, 15) is 4.79 Å². The van der Waals surface area contributed by atoms with E-state index >= 15 is 0 Å². The molecule has 30 heavy (non-hydrogen) atoms. The first-order valence-electron chi connectivity index (χ1n) is 10.1. The molecule has 0 spiro atoms. The summed E-state index contributed by atoms with van der Waals surface area (Å²) in [6, 6.07) is 13.4. The third-order valence-corrected chi connectivity index (χ3v) is 6.11. The van der Waals surface area contributed by atoms with Crippen LogP contribution in [0.4, 0.5) is 0 Å². The number of nitrogens with zero attached hydrogens (tertiary/aromatic N) is 5. The van der Waals surface area contributed by atoms with Gasteiger partial charge in [0.1, 0.15) is 11.4 Å². The minimum absolute atomic E-state index is 0.148. The highest BCUT2D eigenvalue weighted by atomic mass is 32.2. The normalized spacial score (nSPS) is 16.5. The van der Waals surface area contributed by atoms with Gasteiger partial charge in [0.15, 0.2) is 11.0 Å². The van der Waals surface area contributed by atoms with Crippen molar-refractivity contribution in [2.75, 3.05) is 26.0 Å². The molecule has 1 aliphatic rings. The van der Waals surface area contributed by atoms with Gasteiger partial charge >= 0.3 is 0 Å². The van der Waals surface area contributed by atoms with E-state index in [2.05, 4.69) is 22.1 Å². The SMILES string of the molecule is COc1ccc(-n2c(SCC(=O)N3CCC[C@@H](C)C3)nnc2-c2ccccn2)cc1. The van der Waals surface area contributed by atoms with Crippen molar-refractivity contribution in [2.24, 2.45) is 5.92 Å². The highest BCUT2D eigenvalue weighted by Gasteiger charge is 2.23. The molecular weight excluding hydrogens is 398 g/mol. The summed E-state index contributed by atoms with van der Waals surface area (Å²) < 4.78 is 7.22. The largest absolute Gasteiger partial charge is 0.497 e. The molecule has 0 unspecified atom stereocenters. The molecule has 1 fully saturated rings. The minimum Gasteiger partial charge on any atom is -0.497 e. The maximum Gasteiger partial charge on any atom is 0.233 e. The number of hydrogen-bond donors (Lipinski definition) is 0. The van der Waals surface area contributed by atoms with E-state index in [-0.39, 0.29) is 5.91 Å². The molecular formula is C22H25N5O2S. The molecule has 0 saturated carbocycles. The summed E-state index contributed by atoms with van der Waals surface area (Å²) in [6.45, 7) is 3.88. The summed E-state index contributed by atoms with van der Waals surface area (Å²) in [4.78, 5) is 19.1. The molecule has 0 radical (unpaired) electrons. The lowest BCUT2D eigenvalue weighted by Crippen LogP contribution is -2.40. The van der Waals surface area contributed by atoms with Crippen molar-refractivity contribution in [3.8, 4) is 23.0 Å². The predicted octanol–water partition coefficient (Wildman–Crippen LogP) is 3.69. The molecule has 8 heteroatoms. The van der Waals surface area contributed by atoms with Crippen molar-refractivity contribution in [1.82, 2.24) is 24.6 Å². The molecule has 4 rings (SSSR count). The van der Waals surface area contributed by atoms with Crippen LogP contribution in [0.3, 0.4) is 0 Å². The van der Waals surface area contributed by atoms with Gasteiger partial charge in [-0.1, -0.05) is 24.8 Å². The molecule has 0 bridgehead atoms. The fourth-order valence-corrected chi connectivity index (χ4v) is 4.48. The molecule has 3 aromatic rings. The predicted molar refractivity (Wildman–Crippen MR) is 117 cm³/mol. The topological polar surface area (TPSA) is 73.1 Å². The number of amides is 1. The molecule has 156 valence electrons.